The first-order chi connectivity index (χ1) is 8.33. The normalized spacial score (nSPS) is 11.7. The zero-order valence-electron chi connectivity index (χ0n) is 9.01. The summed E-state index contributed by atoms with van der Waals surface area (Å²) < 4.78 is 64.6. The quantitative estimate of drug-likeness (QED) is 0.601. The van der Waals surface area contributed by atoms with Crippen LogP contribution < -0.4 is 4.74 Å². The van der Waals surface area contributed by atoms with E-state index in [1.807, 2.05) is 0 Å². The van der Waals surface area contributed by atoms with E-state index < -0.39 is 24.1 Å². The highest BCUT2D eigenvalue weighted by atomic mass is 19.4. The van der Waals surface area contributed by atoms with Crippen LogP contribution in [0.4, 0.5) is 22.0 Å². The highest BCUT2D eigenvalue weighted by Crippen LogP contribution is 2.30. The van der Waals surface area contributed by atoms with E-state index >= 15 is 0 Å². The second kappa shape index (κ2) is 5.79. The number of hydrogen-bond acceptors (Lipinski definition) is 2. The third-order valence-corrected chi connectivity index (χ3v) is 2.11. The molecular formula is C11H9F5O2. The highest BCUT2D eigenvalue weighted by Gasteiger charge is 2.31. The minimum atomic E-state index is -4.88. The van der Waals surface area contributed by atoms with Gasteiger partial charge in [-0.1, -0.05) is 0 Å². The monoisotopic (exact) mass is 268 g/mol. The van der Waals surface area contributed by atoms with Crippen molar-refractivity contribution in [3.63, 3.8) is 0 Å². The van der Waals surface area contributed by atoms with Crippen molar-refractivity contribution in [2.24, 2.45) is 0 Å². The molecule has 0 aliphatic rings. The number of benzene rings is 1. The molecule has 0 saturated heterocycles. The Balaban J connectivity index is 3.00. The van der Waals surface area contributed by atoms with Gasteiger partial charge in [0.2, 0.25) is 0 Å². The molecule has 0 N–H and O–H groups in total. The number of carbonyl (C=O) groups is 1. The summed E-state index contributed by atoms with van der Waals surface area (Å²) in [6.07, 6.45) is -7.29. The summed E-state index contributed by atoms with van der Waals surface area (Å²) in [4.78, 5) is 10.2. The minimum absolute atomic E-state index is 0.0288. The van der Waals surface area contributed by atoms with Crippen LogP contribution >= 0.6 is 0 Å². The van der Waals surface area contributed by atoms with Gasteiger partial charge in [-0.05, 0) is 30.2 Å². The third kappa shape index (κ3) is 4.31. The Morgan fingerprint density at radius 1 is 1.28 bits per heavy atom. The standard InChI is InChI=1S/C11H9F5O2/c12-10(13)9-4-3-8(18-11(14,15)16)6-7(9)2-1-5-17/h3-6,10H,1-2H2. The first-order valence-corrected chi connectivity index (χ1v) is 4.94. The van der Waals surface area contributed by atoms with Gasteiger partial charge in [-0.3, -0.25) is 0 Å². The largest absolute Gasteiger partial charge is 0.573 e. The zero-order valence-corrected chi connectivity index (χ0v) is 9.01. The first-order valence-electron chi connectivity index (χ1n) is 4.94. The highest BCUT2D eigenvalue weighted by molar-refractivity contribution is 5.51. The Morgan fingerprint density at radius 3 is 2.44 bits per heavy atom. The summed E-state index contributed by atoms with van der Waals surface area (Å²) in [5, 5.41) is 0. The molecule has 1 aromatic rings. The SMILES string of the molecule is O=CCCc1cc(OC(F)(F)F)ccc1C(F)F. The van der Waals surface area contributed by atoms with Crippen molar-refractivity contribution in [3.05, 3.63) is 29.3 Å². The van der Waals surface area contributed by atoms with Gasteiger partial charge in [0.15, 0.2) is 0 Å². The molecule has 1 rings (SSSR count). The van der Waals surface area contributed by atoms with Crippen molar-refractivity contribution in [3.8, 4) is 5.75 Å². The van der Waals surface area contributed by atoms with Crippen molar-refractivity contribution >= 4 is 6.29 Å². The summed E-state index contributed by atoms with van der Waals surface area (Å²) in [5.41, 5.74) is -0.426. The predicted octanol–water partition coefficient (Wildman–Crippen LogP) is 3.65. The molecule has 2 nitrogen and oxygen atoms in total. The van der Waals surface area contributed by atoms with Gasteiger partial charge in [-0.15, -0.1) is 13.2 Å². The molecule has 0 unspecified atom stereocenters. The maximum absolute atomic E-state index is 12.6. The van der Waals surface area contributed by atoms with Crippen molar-refractivity contribution < 1.29 is 31.5 Å². The molecule has 0 radical (unpaired) electrons. The maximum Gasteiger partial charge on any atom is 0.573 e. The van der Waals surface area contributed by atoms with E-state index in [4.69, 9.17) is 0 Å². The van der Waals surface area contributed by atoms with E-state index in [1.54, 1.807) is 0 Å². The molecule has 0 aromatic heterocycles. The molecule has 0 atom stereocenters. The number of aldehydes is 1. The lowest BCUT2D eigenvalue weighted by atomic mass is 10.0. The molecule has 0 fully saturated rings. The van der Waals surface area contributed by atoms with Crippen molar-refractivity contribution in [2.75, 3.05) is 0 Å². The average Bonchev–Trinajstić information content (AvgIpc) is 2.23. The zero-order chi connectivity index (χ0) is 13.8. The van der Waals surface area contributed by atoms with Crippen LogP contribution in [0.5, 0.6) is 5.75 Å². The van der Waals surface area contributed by atoms with Crippen LogP contribution in [0.25, 0.3) is 0 Å². The first kappa shape index (κ1) is 14.4. The van der Waals surface area contributed by atoms with Crippen LogP contribution in [0, 0.1) is 0 Å². The van der Waals surface area contributed by atoms with E-state index in [1.165, 1.54) is 0 Å². The van der Waals surface area contributed by atoms with E-state index in [0.29, 0.717) is 6.29 Å². The Morgan fingerprint density at radius 2 is 1.94 bits per heavy atom. The van der Waals surface area contributed by atoms with Crippen LogP contribution in [0.2, 0.25) is 0 Å². The number of alkyl halides is 5. The summed E-state index contributed by atoms with van der Waals surface area (Å²) >= 11 is 0. The Kier molecular flexibility index (Phi) is 4.63. The van der Waals surface area contributed by atoms with Crippen molar-refractivity contribution in [1.82, 2.24) is 0 Å². The molecule has 18 heavy (non-hydrogen) atoms. The number of ether oxygens (including phenoxy) is 1. The molecule has 7 heteroatoms. The number of rotatable bonds is 5. The molecule has 0 spiro atoms. The summed E-state index contributed by atoms with van der Waals surface area (Å²) in [6.45, 7) is 0. The Bertz CT molecular complexity index is 414. The van der Waals surface area contributed by atoms with Gasteiger partial charge in [0.25, 0.3) is 6.43 Å². The maximum atomic E-state index is 12.6. The summed E-state index contributed by atoms with van der Waals surface area (Å²) in [6, 6.07) is 2.56. The van der Waals surface area contributed by atoms with Crippen LogP contribution in [0.15, 0.2) is 18.2 Å². The number of aryl methyl sites for hydroxylation is 1. The van der Waals surface area contributed by atoms with Crippen LogP contribution in [0.1, 0.15) is 24.0 Å². The van der Waals surface area contributed by atoms with Gasteiger partial charge in [0.05, 0.1) is 0 Å². The van der Waals surface area contributed by atoms with Gasteiger partial charge in [-0.25, -0.2) is 8.78 Å². The van der Waals surface area contributed by atoms with Gasteiger partial charge in [0, 0.05) is 12.0 Å². The van der Waals surface area contributed by atoms with Gasteiger partial charge >= 0.3 is 6.36 Å². The predicted molar refractivity (Wildman–Crippen MR) is 52.5 cm³/mol. The molecule has 0 aliphatic carbocycles. The summed E-state index contributed by atoms with van der Waals surface area (Å²) in [5.74, 6) is -0.576. The van der Waals surface area contributed by atoms with Crippen molar-refractivity contribution in [1.29, 1.82) is 0 Å². The molecular weight excluding hydrogens is 259 g/mol. The topological polar surface area (TPSA) is 26.3 Å². The molecule has 0 bridgehead atoms. The van der Waals surface area contributed by atoms with Gasteiger partial charge < -0.3 is 9.53 Å². The second-order valence-corrected chi connectivity index (χ2v) is 3.41. The minimum Gasteiger partial charge on any atom is -0.406 e. The van der Waals surface area contributed by atoms with Crippen LogP contribution in [-0.2, 0) is 11.2 Å². The fourth-order valence-electron chi connectivity index (χ4n) is 1.42. The van der Waals surface area contributed by atoms with E-state index in [0.717, 1.165) is 18.2 Å². The smallest absolute Gasteiger partial charge is 0.406 e. The lowest BCUT2D eigenvalue weighted by Gasteiger charge is -2.12. The summed E-state index contributed by atoms with van der Waals surface area (Å²) in [7, 11) is 0. The number of halogens is 5. The van der Waals surface area contributed by atoms with Gasteiger partial charge in [-0.2, -0.15) is 0 Å². The van der Waals surface area contributed by atoms with E-state index in [-0.39, 0.29) is 18.4 Å². The molecule has 0 saturated carbocycles. The Hall–Kier alpha value is -1.66. The molecule has 100 valence electrons. The Labute approximate surface area is 99.4 Å². The van der Waals surface area contributed by atoms with Crippen LogP contribution in [-0.4, -0.2) is 12.6 Å². The lowest BCUT2D eigenvalue weighted by molar-refractivity contribution is -0.274. The van der Waals surface area contributed by atoms with Crippen LogP contribution in [0.3, 0.4) is 0 Å². The molecule has 0 heterocycles. The lowest BCUT2D eigenvalue weighted by Crippen LogP contribution is -2.17. The van der Waals surface area contributed by atoms with Gasteiger partial charge in [0.1, 0.15) is 12.0 Å². The molecule has 0 aliphatic heterocycles. The number of hydrogen-bond donors (Lipinski definition) is 0. The van der Waals surface area contributed by atoms with Crippen molar-refractivity contribution in [2.45, 2.75) is 25.6 Å². The van der Waals surface area contributed by atoms with E-state index in [2.05, 4.69) is 4.74 Å². The molecule has 1 aromatic carbocycles. The molecule has 0 amide bonds. The fourth-order valence-corrected chi connectivity index (χ4v) is 1.42. The fraction of sp³-hybridized carbons (Fsp3) is 0.364. The second-order valence-electron chi connectivity index (χ2n) is 3.41. The van der Waals surface area contributed by atoms with E-state index in [9.17, 15) is 26.7 Å². The third-order valence-electron chi connectivity index (χ3n) is 2.11. The number of carbonyl (C=O) groups excluding carboxylic acids is 1. The average molecular weight is 268 g/mol.